The summed E-state index contributed by atoms with van der Waals surface area (Å²) in [6.07, 6.45) is 3.14. The molecule has 1 aromatic rings. The van der Waals surface area contributed by atoms with Gasteiger partial charge in [0.1, 0.15) is 0 Å². The summed E-state index contributed by atoms with van der Waals surface area (Å²) < 4.78 is 0. The van der Waals surface area contributed by atoms with Gasteiger partial charge in [-0.05, 0) is 18.2 Å². The Balaban J connectivity index is 2.69. The van der Waals surface area contributed by atoms with Crippen LogP contribution in [0, 0.1) is 0 Å². The number of amides is 1. The molecule has 1 N–H and O–H groups in total. The molecule has 80 valence electrons. The third-order valence-corrected chi connectivity index (χ3v) is 2.66. The Morgan fingerprint density at radius 1 is 1.40 bits per heavy atom. The van der Waals surface area contributed by atoms with Crippen molar-refractivity contribution in [3.63, 3.8) is 0 Å². The second-order valence-corrected chi connectivity index (χ2v) is 4.14. The van der Waals surface area contributed by atoms with Crippen LogP contribution in [0.15, 0.2) is 30.4 Å². The van der Waals surface area contributed by atoms with Crippen LogP contribution in [0.5, 0.6) is 0 Å². The molecule has 0 fully saturated rings. The normalized spacial score (nSPS) is 10.6. The zero-order chi connectivity index (χ0) is 11.3. The molecule has 1 aromatic carbocycles. The molecule has 0 aliphatic carbocycles. The lowest BCUT2D eigenvalue weighted by Crippen LogP contribution is -2.07. The molecule has 0 spiro atoms. The van der Waals surface area contributed by atoms with E-state index in [1.165, 1.54) is 6.08 Å². The first-order chi connectivity index (χ1) is 7.13. The Morgan fingerprint density at radius 2 is 2.13 bits per heavy atom. The minimum absolute atomic E-state index is 0.201. The maximum absolute atomic E-state index is 11.3. The summed E-state index contributed by atoms with van der Waals surface area (Å²) in [4.78, 5) is 11.3. The van der Waals surface area contributed by atoms with Crippen LogP contribution in [0.25, 0.3) is 0 Å². The van der Waals surface area contributed by atoms with Crippen molar-refractivity contribution in [3.05, 3.63) is 40.4 Å². The van der Waals surface area contributed by atoms with Gasteiger partial charge >= 0.3 is 0 Å². The standard InChI is InChI=1S/C10H8BrCl2NO/c11-5-1-2-10(15)14-7-3-4-8(12)9(13)6-7/h1-4,6H,5H2,(H,14,15). The third-order valence-electron chi connectivity index (χ3n) is 1.55. The van der Waals surface area contributed by atoms with Crippen LogP contribution >= 0.6 is 39.1 Å². The number of hydrogen-bond donors (Lipinski definition) is 1. The highest BCUT2D eigenvalue weighted by Crippen LogP contribution is 2.24. The average Bonchev–Trinajstić information content (AvgIpc) is 2.20. The first kappa shape index (κ1) is 12.6. The van der Waals surface area contributed by atoms with Crippen LogP contribution in [0.1, 0.15) is 0 Å². The zero-order valence-electron chi connectivity index (χ0n) is 7.64. The Hall–Kier alpha value is -0.510. The fraction of sp³-hybridized carbons (Fsp3) is 0.100. The van der Waals surface area contributed by atoms with Crippen molar-refractivity contribution in [2.24, 2.45) is 0 Å². The zero-order valence-corrected chi connectivity index (χ0v) is 10.7. The van der Waals surface area contributed by atoms with Gasteiger partial charge in [0.2, 0.25) is 5.91 Å². The number of hydrogen-bond acceptors (Lipinski definition) is 1. The molecule has 0 unspecified atom stereocenters. The fourth-order valence-electron chi connectivity index (χ4n) is 0.909. The molecule has 0 saturated carbocycles. The topological polar surface area (TPSA) is 29.1 Å². The van der Waals surface area contributed by atoms with Gasteiger partial charge in [0.15, 0.2) is 0 Å². The number of benzene rings is 1. The minimum Gasteiger partial charge on any atom is -0.322 e. The van der Waals surface area contributed by atoms with E-state index in [4.69, 9.17) is 23.2 Å². The van der Waals surface area contributed by atoms with Gasteiger partial charge in [0.05, 0.1) is 10.0 Å². The van der Waals surface area contributed by atoms with Gasteiger partial charge in [-0.3, -0.25) is 4.79 Å². The van der Waals surface area contributed by atoms with Crippen molar-refractivity contribution < 1.29 is 4.79 Å². The van der Waals surface area contributed by atoms with Crippen LogP contribution in [0.4, 0.5) is 5.69 Å². The summed E-state index contributed by atoms with van der Waals surface area (Å²) in [5.41, 5.74) is 0.619. The lowest BCUT2D eigenvalue weighted by Gasteiger charge is -2.03. The van der Waals surface area contributed by atoms with Crippen molar-refractivity contribution in [3.8, 4) is 0 Å². The first-order valence-electron chi connectivity index (χ1n) is 4.12. The highest BCUT2D eigenvalue weighted by Gasteiger charge is 2.01. The van der Waals surface area contributed by atoms with Crippen molar-refractivity contribution >= 4 is 50.7 Å². The molecule has 0 atom stereocenters. The molecular weight excluding hydrogens is 301 g/mol. The molecule has 15 heavy (non-hydrogen) atoms. The number of halogens is 3. The first-order valence-corrected chi connectivity index (χ1v) is 6.00. The maximum atomic E-state index is 11.3. The molecule has 0 heterocycles. The van der Waals surface area contributed by atoms with Crippen molar-refractivity contribution in [1.29, 1.82) is 0 Å². The van der Waals surface area contributed by atoms with Crippen molar-refractivity contribution in [2.45, 2.75) is 0 Å². The van der Waals surface area contributed by atoms with Crippen molar-refractivity contribution in [2.75, 3.05) is 10.6 Å². The molecule has 2 nitrogen and oxygen atoms in total. The number of rotatable bonds is 3. The van der Waals surface area contributed by atoms with Crippen LogP contribution < -0.4 is 5.32 Å². The van der Waals surface area contributed by atoms with Gasteiger partial charge in [-0.1, -0.05) is 45.2 Å². The quantitative estimate of drug-likeness (QED) is 0.666. The summed E-state index contributed by atoms with van der Waals surface area (Å²) in [5, 5.41) is 4.18. The van der Waals surface area contributed by atoms with E-state index in [9.17, 15) is 4.79 Å². The summed E-state index contributed by atoms with van der Waals surface area (Å²) in [5.74, 6) is -0.201. The highest BCUT2D eigenvalue weighted by atomic mass is 79.9. The van der Waals surface area contributed by atoms with Crippen LogP contribution in [0.3, 0.4) is 0 Å². The van der Waals surface area contributed by atoms with Gasteiger partial charge in [-0.15, -0.1) is 0 Å². The predicted molar refractivity (Wildman–Crippen MR) is 68.0 cm³/mol. The van der Waals surface area contributed by atoms with Crippen LogP contribution in [0.2, 0.25) is 10.0 Å². The van der Waals surface area contributed by atoms with E-state index in [-0.39, 0.29) is 5.91 Å². The number of carbonyl (C=O) groups excluding carboxylic acids is 1. The second-order valence-electron chi connectivity index (χ2n) is 2.67. The molecule has 0 aliphatic rings. The second kappa shape index (κ2) is 6.16. The number of carbonyl (C=O) groups is 1. The van der Waals surface area contributed by atoms with E-state index in [1.54, 1.807) is 24.3 Å². The van der Waals surface area contributed by atoms with E-state index >= 15 is 0 Å². The number of allylic oxidation sites excluding steroid dienone is 1. The van der Waals surface area contributed by atoms with E-state index in [2.05, 4.69) is 21.2 Å². The summed E-state index contributed by atoms with van der Waals surface area (Å²) in [7, 11) is 0. The molecule has 0 saturated heterocycles. The fourth-order valence-corrected chi connectivity index (χ4v) is 1.39. The monoisotopic (exact) mass is 307 g/mol. The molecular formula is C10H8BrCl2NO. The molecule has 0 radical (unpaired) electrons. The number of alkyl halides is 1. The van der Waals surface area contributed by atoms with Crippen molar-refractivity contribution in [1.82, 2.24) is 0 Å². The summed E-state index contributed by atoms with van der Waals surface area (Å²) in [6, 6.07) is 4.92. The lowest BCUT2D eigenvalue weighted by molar-refractivity contribution is -0.111. The summed E-state index contributed by atoms with van der Waals surface area (Å²) >= 11 is 14.7. The lowest BCUT2D eigenvalue weighted by atomic mass is 10.3. The average molecular weight is 309 g/mol. The highest BCUT2D eigenvalue weighted by molar-refractivity contribution is 9.09. The largest absolute Gasteiger partial charge is 0.322 e. The molecule has 5 heteroatoms. The molecule has 0 aromatic heterocycles. The maximum Gasteiger partial charge on any atom is 0.248 e. The van der Waals surface area contributed by atoms with Gasteiger partial charge in [-0.2, -0.15) is 0 Å². The van der Waals surface area contributed by atoms with Gasteiger partial charge < -0.3 is 5.32 Å². The molecule has 1 rings (SSSR count). The van der Waals surface area contributed by atoms with Gasteiger partial charge in [0, 0.05) is 17.1 Å². The third kappa shape index (κ3) is 4.24. The Morgan fingerprint density at radius 3 is 2.73 bits per heavy atom. The number of nitrogens with one attached hydrogen (secondary N) is 1. The molecule has 0 aliphatic heterocycles. The Bertz CT molecular complexity index is 393. The van der Waals surface area contributed by atoms with Crippen LogP contribution in [-0.4, -0.2) is 11.2 Å². The van der Waals surface area contributed by atoms with E-state index < -0.39 is 0 Å². The molecule has 1 amide bonds. The number of anilines is 1. The smallest absolute Gasteiger partial charge is 0.248 e. The van der Waals surface area contributed by atoms with Gasteiger partial charge in [0.25, 0.3) is 0 Å². The Labute approximate surface area is 106 Å². The SMILES string of the molecule is O=C(C=CCBr)Nc1ccc(Cl)c(Cl)c1. The minimum atomic E-state index is -0.201. The summed E-state index contributed by atoms with van der Waals surface area (Å²) in [6.45, 7) is 0. The van der Waals surface area contributed by atoms with Crippen LogP contribution in [-0.2, 0) is 4.79 Å². The van der Waals surface area contributed by atoms with Gasteiger partial charge in [-0.25, -0.2) is 0 Å². The molecule has 0 bridgehead atoms. The van der Waals surface area contributed by atoms with E-state index in [0.29, 0.717) is 21.1 Å². The predicted octanol–water partition coefficient (Wildman–Crippen LogP) is 3.88. The van der Waals surface area contributed by atoms with E-state index in [1.807, 2.05) is 0 Å². The van der Waals surface area contributed by atoms with E-state index in [0.717, 1.165) is 0 Å². The Kier molecular flexibility index (Phi) is 5.15.